The predicted octanol–water partition coefficient (Wildman–Crippen LogP) is 4.74. The van der Waals surface area contributed by atoms with Crippen molar-refractivity contribution in [1.29, 1.82) is 5.26 Å². The maximum absolute atomic E-state index is 12.6. The highest BCUT2D eigenvalue weighted by Gasteiger charge is 2.20. The van der Waals surface area contributed by atoms with Crippen LogP contribution in [0.5, 0.6) is 5.75 Å². The van der Waals surface area contributed by atoms with Crippen molar-refractivity contribution < 1.29 is 9.53 Å². The first-order chi connectivity index (χ1) is 13.6. The highest BCUT2D eigenvalue weighted by Crippen LogP contribution is 2.30. The highest BCUT2D eigenvalue weighted by molar-refractivity contribution is 8.00. The molecular formula is C22H25N3O2S. The van der Waals surface area contributed by atoms with E-state index >= 15 is 0 Å². The first-order valence-corrected chi connectivity index (χ1v) is 10.5. The van der Waals surface area contributed by atoms with Crippen molar-refractivity contribution in [3.63, 3.8) is 0 Å². The van der Waals surface area contributed by atoms with Crippen molar-refractivity contribution in [2.45, 2.75) is 55.7 Å². The van der Waals surface area contributed by atoms with E-state index in [2.05, 4.69) is 11.4 Å². The van der Waals surface area contributed by atoms with Gasteiger partial charge in [0.2, 0.25) is 5.91 Å². The summed E-state index contributed by atoms with van der Waals surface area (Å²) < 4.78 is 5.19. The van der Waals surface area contributed by atoms with Crippen molar-refractivity contribution in [2.75, 3.05) is 12.4 Å². The number of carbonyl (C=O) groups excluding carboxylic acids is 1. The summed E-state index contributed by atoms with van der Waals surface area (Å²) in [4.78, 5) is 17.4. The van der Waals surface area contributed by atoms with E-state index in [1.54, 1.807) is 13.2 Å². The zero-order chi connectivity index (χ0) is 19.9. The summed E-state index contributed by atoms with van der Waals surface area (Å²) in [6.07, 6.45) is 6.66. The van der Waals surface area contributed by atoms with Crippen LogP contribution in [0, 0.1) is 11.3 Å². The first-order valence-electron chi connectivity index (χ1n) is 9.65. The fraction of sp³-hybridized carbons (Fsp3) is 0.409. The summed E-state index contributed by atoms with van der Waals surface area (Å²) >= 11 is 1.34. The van der Waals surface area contributed by atoms with Gasteiger partial charge >= 0.3 is 0 Å². The van der Waals surface area contributed by atoms with E-state index in [4.69, 9.17) is 9.72 Å². The Labute approximate surface area is 170 Å². The second kappa shape index (κ2) is 9.61. The summed E-state index contributed by atoms with van der Waals surface area (Å²) in [5.74, 6) is 0.559. The molecule has 1 N–H and O–H groups in total. The summed E-state index contributed by atoms with van der Waals surface area (Å²) in [6, 6.07) is 11.5. The lowest BCUT2D eigenvalue weighted by Crippen LogP contribution is -2.22. The van der Waals surface area contributed by atoms with Gasteiger partial charge in [-0.05, 0) is 56.4 Å². The van der Waals surface area contributed by atoms with Crippen LogP contribution in [-0.4, -0.2) is 23.3 Å². The molecule has 3 rings (SSSR count). The Balaban J connectivity index is 1.75. The number of fused-ring (bicyclic) bond motifs is 1. The minimum Gasteiger partial charge on any atom is -0.497 e. The van der Waals surface area contributed by atoms with E-state index in [1.807, 2.05) is 31.2 Å². The van der Waals surface area contributed by atoms with Crippen molar-refractivity contribution >= 4 is 23.4 Å². The van der Waals surface area contributed by atoms with Crippen LogP contribution < -0.4 is 10.1 Å². The molecule has 0 bridgehead atoms. The molecule has 1 unspecified atom stereocenters. The fourth-order valence-electron chi connectivity index (χ4n) is 3.30. The van der Waals surface area contributed by atoms with Gasteiger partial charge in [-0.2, -0.15) is 5.26 Å². The number of hydrogen-bond acceptors (Lipinski definition) is 5. The largest absolute Gasteiger partial charge is 0.497 e. The lowest BCUT2D eigenvalue weighted by atomic mass is 9.96. The number of nitrogens with zero attached hydrogens (tertiary/aromatic N) is 2. The molecule has 28 heavy (non-hydrogen) atoms. The molecule has 2 aromatic rings. The normalized spacial score (nSPS) is 14.8. The molecule has 0 saturated heterocycles. The van der Waals surface area contributed by atoms with E-state index in [9.17, 15) is 10.1 Å². The highest BCUT2D eigenvalue weighted by atomic mass is 32.2. The van der Waals surface area contributed by atoms with Crippen molar-refractivity contribution in [3.05, 3.63) is 47.2 Å². The molecule has 1 atom stereocenters. The van der Waals surface area contributed by atoms with Gasteiger partial charge < -0.3 is 10.1 Å². The standard InChI is InChI=1S/C22H25N3O2S/c1-15(21(26)24-18-9-7-10-19(13-18)27-2)28-22-17(14-23)12-16-8-5-3-4-6-11-20(16)25-22/h7,9-10,12-13,15H,3-6,8,11H2,1-2H3,(H,24,26). The van der Waals surface area contributed by atoms with Crippen molar-refractivity contribution in [3.8, 4) is 11.8 Å². The lowest BCUT2D eigenvalue weighted by molar-refractivity contribution is -0.115. The number of amides is 1. The van der Waals surface area contributed by atoms with Gasteiger partial charge in [0.05, 0.1) is 17.9 Å². The average molecular weight is 396 g/mol. The Kier molecular flexibility index (Phi) is 6.94. The molecular weight excluding hydrogens is 370 g/mol. The first kappa shape index (κ1) is 20.2. The zero-order valence-corrected chi connectivity index (χ0v) is 17.1. The van der Waals surface area contributed by atoms with Crippen molar-refractivity contribution in [1.82, 2.24) is 4.98 Å². The summed E-state index contributed by atoms with van der Waals surface area (Å²) in [5.41, 5.74) is 3.52. The lowest BCUT2D eigenvalue weighted by Gasteiger charge is -2.17. The number of aryl methyl sites for hydroxylation is 2. The van der Waals surface area contributed by atoms with Crippen LogP contribution in [0.2, 0.25) is 0 Å². The molecule has 1 aromatic carbocycles. The number of hydrogen-bond donors (Lipinski definition) is 1. The van der Waals surface area contributed by atoms with E-state index in [1.165, 1.54) is 30.2 Å². The van der Waals surface area contributed by atoms with Crippen LogP contribution in [0.15, 0.2) is 35.4 Å². The van der Waals surface area contributed by atoms with E-state index in [0.29, 0.717) is 22.0 Å². The predicted molar refractivity (Wildman–Crippen MR) is 112 cm³/mol. The molecule has 0 spiro atoms. The van der Waals surface area contributed by atoms with Crippen LogP contribution >= 0.6 is 11.8 Å². The number of nitrogens with one attached hydrogen (secondary N) is 1. The van der Waals surface area contributed by atoms with Crippen molar-refractivity contribution in [2.24, 2.45) is 0 Å². The van der Waals surface area contributed by atoms with Gasteiger partial charge in [-0.15, -0.1) is 0 Å². The zero-order valence-electron chi connectivity index (χ0n) is 16.3. The molecule has 0 saturated carbocycles. The van der Waals surface area contributed by atoms with Crippen LogP contribution in [0.4, 0.5) is 5.69 Å². The number of pyridine rings is 1. The van der Waals surface area contributed by atoms with Gasteiger partial charge in [0.1, 0.15) is 16.8 Å². The van der Waals surface area contributed by atoms with Gasteiger partial charge in [-0.1, -0.05) is 30.7 Å². The summed E-state index contributed by atoms with van der Waals surface area (Å²) in [5, 5.41) is 12.7. The molecule has 1 amide bonds. The molecule has 5 nitrogen and oxygen atoms in total. The van der Waals surface area contributed by atoms with Gasteiger partial charge in [0, 0.05) is 17.4 Å². The molecule has 1 heterocycles. The SMILES string of the molecule is COc1cccc(NC(=O)C(C)Sc2nc3c(cc2C#N)CCCCCC3)c1. The second-order valence-electron chi connectivity index (χ2n) is 6.95. The molecule has 0 aliphatic heterocycles. The molecule has 0 fully saturated rings. The van der Waals surface area contributed by atoms with E-state index < -0.39 is 0 Å². The number of anilines is 1. The molecule has 0 radical (unpaired) electrons. The maximum atomic E-state index is 12.6. The number of rotatable bonds is 5. The fourth-order valence-corrected chi connectivity index (χ4v) is 4.20. The minimum atomic E-state index is -0.377. The Morgan fingerprint density at radius 1 is 1.25 bits per heavy atom. The van der Waals surface area contributed by atoms with Gasteiger partial charge in [-0.3, -0.25) is 4.79 Å². The minimum absolute atomic E-state index is 0.129. The smallest absolute Gasteiger partial charge is 0.237 e. The maximum Gasteiger partial charge on any atom is 0.237 e. The van der Waals surface area contributed by atoms with Gasteiger partial charge in [0.15, 0.2) is 0 Å². The number of aromatic nitrogens is 1. The summed E-state index contributed by atoms with van der Waals surface area (Å²) in [7, 11) is 1.59. The number of thioether (sulfide) groups is 1. The Hall–Kier alpha value is -2.52. The summed E-state index contributed by atoms with van der Waals surface area (Å²) in [6.45, 7) is 1.83. The van der Waals surface area contributed by atoms with Gasteiger partial charge in [0.25, 0.3) is 0 Å². The van der Waals surface area contributed by atoms with Crippen LogP contribution in [0.3, 0.4) is 0 Å². The Morgan fingerprint density at radius 3 is 2.79 bits per heavy atom. The van der Waals surface area contributed by atoms with E-state index in [-0.39, 0.29) is 11.2 Å². The number of nitriles is 1. The average Bonchev–Trinajstić information content (AvgIpc) is 2.69. The van der Waals surface area contributed by atoms with Crippen LogP contribution in [0.25, 0.3) is 0 Å². The molecule has 1 aromatic heterocycles. The molecule has 146 valence electrons. The Bertz CT molecular complexity index is 892. The second-order valence-corrected chi connectivity index (χ2v) is 8.28. The van der Waals surface area contributed by atoms with E-state index in [0.717, 1.165) is 31.4 Å². The monoisotopic (exact) mass is 395 g/mol. The quantitative estimate of drug-likeness (QED) is 0.740. The number of methoxy groups -OCH3 is 1. The van der Waals surface area contributed by atoms with Crippen LogP contribution in [-0.2, 0) is 17.6 Å². The molecule has 6 heteroatoms. The molecule has 1 aliphatic rings. The number of carbonyl (C=O) groups is 1. The third-order valence-electron chi connectivity index (χ3n) is 4.88. The van der Waals surface area contributed by atoms with Gasteiger partial charge in [-0.25, -0.2) is 4.98 Å². The Morgan fingerprint density at radius 2 is 2.04 bits per heavy atom. The third-order valence-corrected chi connectivity index (χ3v) is 5.98. The molecule has 1 aliphatic carbocycles. The topological polar surface area (TPSA) is 75.0 Å². The third kappa shape index (κ3) is 5.05. The number of ether oxygens (including phenoxy) is 1. The van der Waals surface area contributed by atoms with Crippen LogP contribution in [0.1, 0.15) is 49.4 Å². The number of benzene rings is 1.